The standard InChI is InChI=1S/C30H32O6/c1-29(2,3)23-16-22(27(33)35-18-19-12-14-20(15-13-19)26(31)32)17-24(30(4,5)6)25(23)36-28(34)21-10-8-7-9-11-21/h7-17H,18H2,1-6H3,(H,31,32). The van der Waals surface area contributed by atoms with E-state index in [0.29, 0.717) is 22.4 Å². The van der Waals surface area contributed by atoms with Gasteiger partial charge in [-0.05, 0) is 52.8 Å². The normalized spacial score (nSPS) is 11.6. The van der Waals surface area contributed by atoms with Crippen molar-refractivity contribution in [2.24, 2.45) is 0 Å². The smallest absolute Gasteiger partial charge is 0.343 e. The van der Waals surface area contributed by atoms with Gasteiger partial charge in [-0.3, -0.25) is 0 Å². The summed E-state index contributed by atoms with van der Waals surface area (Å²) in [5.74, 6) is -1.55. The van der Waals surface area contributed by atoms with E-state index >= 15 is 0 Å². The largest absolute Gasteiger partial charge is 0.478 e. The van der Waals surface area contributed by atoms with Crippen molar-refractivity contribution in [1.29, 1.82) is 0 Å². The lowest BCUT2D eigenvalue weighted by Crippen LogP contribution is -2.23. The van der Waals surface area contributed by atoms with Crippen molar-refractivity contribution in [1.82, 2.24) is 0 Å². The summed E-state index contributed by atoms with van der Waals surface area (Å²) in [6.07, 6.45) is 0. The van der Waals surface area contributed by atoms with Crippen LogP contribution in [-0.2, 0) is 22.2 Å². The third kappa shape index (κ3) is 6.39. The number of carbonyl (C=O) groups is 3. The molecule has 6 nitrogen and oxygen atoms in total. The molecule has 3 rings (SSSR count). The van der Waals surface area contributed by atoms with Crippen LogP contribution in [0.3, 0.4) is 0 Å². The molecule has 36 heavy (non-hydrogen) atoms. The zero-order valence-electron chi connectivity index (χ0n) is 21.5. The fourth-order valence-electron chi connectivity index (χ4n) is 3.67. The minimum absolute atomic E-state index is 0.000814. The molecular formula is C30H32O6. The molecule has 0 fully saturated rings. The summed E-state index contributed by atoms with van der Waals surface area (Å²) in [6, 6.07) is 18.4. The Bertz CT molecular complexity index is 1220. The first kappa shape index (κ1) is 26.7. The predicted molar refractivity (Wildman–Crippen MR) is 138 cm³/mol. The SMILES string of the molecule is CC(C)(C)c1cc(C(=O)OCc2ccc(C(=O)O)cc2)cc(C(C)(C)C)c1OC(=O)c1ccccc1. The topological polar surface area (TPSA) is 89.9 Å². The Kier molecular flexibility index (Phi) is 7.68. The molecule has 0 aliphatic heterocycles. The van der Waals surface area contributed by atoms with Gasteiger partial charge in [-0.25, -0.2) is 14.4 Å². The fraction of sp³-hybridized carbons (Fsp3) is 0.300. The number of benzene rings is 3. The maximum absolute atomic E-state index is 13.1. The van der Waals surface area contributed by atoms with Gasteiger partial charge in [-0.15, -0.1) is 0 Å². The number of carbonyl (C=O) groups excluding carboxylic acids is 2. The molecule has 0 spiro atoms. The number of rotatable bonds is 6. The number of hydrogen-bond acceptors (Lipinski definition) is 5. The predicted octanol–water partition coefficient (Wildman–Crippen LogP) is 6.56. The van der Waals surface area contributed by atoms with Gasteiger partial charge < -0.3 is 14.6 Å². The molecular weight excluding hydrogens is 456 g/mol. The van der Waals surface area contributed by atoms with Crippen LogP contribution in [0.15, 0.2) is 66.7 Å². The minimum atomic E-state index is -1.02. The van der Waals surface area contributed by atoms with E-state index in [1.54, 1.807) is 48.5 Å². The highest BCUT2D eigenvalue weighted by Crippen LogP contribution is 2.41. The quantitative estimate of drug-likeness (QED) is 0.312. The minimum Gasteiger partial charge on any atom is -0.478 e. The molecule has 0 aliphatic carbocycles. The molecule has 0 amide bonds. The van der Waals surface area contributed by atoms with Crippen LogP contribution in [0.2, 0.25) is 0 Å². The zero-order chi connectivity index (χ0) is 26.7. The van der Waals surface area contributed by atoms with Crippen molar-refractivity contribution in [2.75, 3.05) is 0 Å². The third-order valence-corrected chi connectivity index (χ3v) is 5.72. The monoisotopic (exact) mass is 488 g/mol. The second-order valence-corrected chi connectivity index (χ2v) is 10.7. The lowest BCUT2D eigenvalue weighted by molar-refractivity contribution is 0.0471. The maximum Gasteiger partial charge on any atom is 0.343 e. The molecule has 0 unspecified atom stereocenters. The Morgan fingerprint density at radius 1 is 0.694 bits per heavy atom. The Morgan fingerprint density at radius 2 is 1.22 bits per heavy atom. The van der Waals surface area contributed by atoms with Gasteiger partial charge in [0, 0.05) is 11.1 Å². The number of carboxylic acid groups (broad SMARTS) is 1. The molecule has 0 atom stereocenters. The first-order valence-corrected chi connectivity index (χ1v) is 11.7. The van der Waals surface area contributed by atoms with Gasteiger partial charge in [0.05, 0.1) is 16.7 Å². The Hall–Kier alpha value is -3.93. The van der Waals surface area contributed by atoms with Gasteiger partial charge in [-0.2, -0.15) is 0 Å². The highest BCUT2D eigenvalue weighted by Gasteiger charge is 2.31. The first-order chi connectivity index (χ1) is 16.8. The average Bonchev–Trinajstić information content (AvgIpc) is 2.82. The van der Waals surface area contributed by atoms with Crippen LogP contribution in [0.5, 0.6) is 5.75 Å². The highest BCUT2D eigenvalue weighted by atomic mass is 16.5. The fourth-order valence-corrected chi connectivity index (χ4v) is 3.67. The molecule has 0 bridgehead atoms. The van der Waals surface area contributed by atoms with Crippen LogP contribution in [0.4, 0.5) is 0 Å². The molecule has 0 saturated heterocycles. The second kappa shape index (κ2) is 10.4. The summed E-state index contributed by atoms with van der Waals surface area (Å²) in [5, 5.41) is 9.05. The van der Waals surface area contributed by atoms with E-state index in [9.17, 15) is 14.4 Å². The molecule has 3 aromatic carbocycles. The number of ether oxygens (including phenoxy) is 2. The van der Waals surface area contributed by atoms with Gasteiger partial charge in [0.25, 0.3) is 0 Å². The van der Waals surface area contributed by atoms with Crippen molar-refractivity contribution in [3.05, 3.63) is 100 Å². The summed E-state index contributed by atoms with van der Waals surface area (Å²) < 4.78 is 11.5. The highest BCUT2D eigenvalue weighted by molar-refractivity contribution is 5.93. The Labute approximate surface area is 211 Å². The maximum atomic E-state index is 13.1. The molecule has 0 saturated carbocycles. The van der Waals surface area contributed by atoms with Crippen LogP contribution in [-0.4, -0.2) is 23.0 Å². The summed E-state index contributed by atoms with van der Waals surface area (Å²) in [7, 11) is 0. The number of carboxylic acids is 1. The average molecular weight is 489 g/mol. The van der Waals surface area contributed by atoms with Crippen LogP contribution in [0.25, 0.3) is 0 Å². The van der Waals surface area contributed by atoms with E-state index in [-0.39, 0.29) is 12.2 Å². The summed E-state index contributed by atoms with van der Waals surface area (Å²) in [4.78, 5) is 37.1. The number of aromatic carboxylic acids is 1. The number of hydrogen-bond donors (Lipinski definition) is 1. The second-order valence-electron chi connectivity index (χ2n) is 10.7. The molecule has 1 N–H and O–H groups in total. The Morgan fingerprint density at radius 3 is 1.69 bits per heavy atom. The van der Waals surface area contributed by atoms with Gasteiger partial charge in [-0.1, -0.05) is 71.9 Å². The van der Waals surface area contributed by atoms with Crippen LogP contribution in [0.1, 0.15) is 89.3 Å². The van der Waals surface area contributed by atoms with Crippen LogP contribution in [0, 0.1) is 0 Å². The van der Waals surface area contributed by atoms with Gasteiger partial charge in [0.15, 0.2) is 0 Å². The van der Waals surface area contributed by atoms with Crippen molar-refractivity contribution < 1.29 is 29.0 Å². The van der Waals surface area contributed by atoms with Crippen molar-refractivity contribution in [2.45, 2.75) is 59.0 Å². The molecule has 0 aromatic heterocycles. The molecule has 0 radical (unpaired) electrons. The van der Waals surface area contributed by atoms with Crippen molar-refractivity contribution in [3.63, 3.8) is 0 Å². The first-order valence-electron chi connectivity index (χ1n) is 11.7. The van der Waals surface area contributed by atoms with E-state index < -0.39 is 28.7 Å². The van der Waals surface area contributed by atoms with E-state index in [1.807, 2.05) is 47.6 Å². The molecule has 6 heteroatoms. The summed E-state index contributed by atoms with van der Waals surface area (Å²) >= 11 is 0. The van der Waals surface area contributed by atoms with E-state index in [0.717, 1.165) is 11.1 Å². The van der Waals surface area contributed by atoms with Gasteiger partial charge in [0.1, 0.15) is 12.4 Å². The zero-order valence-corrected chi connectivity index (χ0v) is 21.5. The van der Waals surface area contributed by atoms with Crippen molar-refractivity contribution in [3.8, 4) is 5.75 Å². The van der Waals surface area contributed by atoms with Gasteiger partial charge in [0.2, 0.25) is 0 Å². The van der Waals surface area contributed by atoms with E-state index in [4.69, 9.17) is 14.6 Å². The number of esters is 2. The lowest BCUT2D eigenvalue weighted by Gasteiger charge is -2.30. The van der Waals surface area contributed by atoms with Gasteiger partial charge >= 0.3 is 17.9 Å². The lowest BCUT2D eigenvalue weighted by atomic mass is 9.78. The molecule has 188 valence electrons. The summed E-state index contributed by atoms with van der Waals surface area (Å²) in [6.45, 7) is 12.0. The molecule has 3 aromatic rings. The van der Waals surface area contributed by atoms with Crippen LogP contribution >= 0.6 is 0 Å². The van der Waals surface area contributed by atoms with Crippen molar-refractivity contribution >= 4 is 17.9 Å². The van der Waals surface area contributed by atoms with Crippen LogP contribution < -0.4 is 4.74 Å². The molecule has 0 heterocycles. The summed E-state index contributed by atoms with van der Waals surface area (Å²) in [5.41, 5.74) is 2.20. The molecule has 0 aliphatic rings. The van der Waals surface area contributed by atoms with E-state index in [2.05, 4.69) is 0 Å². The third-order valence-electron chi connectivity index (χ3n) is 5.72. The van der Waals surface area contributed by atoms with E-state index in [1.165, 1.54) is 12.1 Å². The Balaban J connectivity index is 1.97.